The highest BCUT2D eigenvalue weighted by Gasteiger charge is 2.30. The third-order valence-electron chi connectivity index (χ3n) is 3.14. The molecule has 1 aromatic rings. The van der Waals surface area contributed by atoms with Crippen LogP contribution >= 0.6 is 0 Å². The van der Waals surface area contributed by atoms with Gasteiger partial charge in [-0.25, -0.2) is 4.98 Å². The van der Waals surface area contributed by atoms with Gasteiger partial charge in [-0.3, -0.25) is 4.79 Å². The van der Waals surface area contributed by atoms with Crippen molar-refractivity contribution in [3.63, 3.8) is 0 Å². The van der Waals surface area contributed by atoms with Gasteiger partial charge in [-0.15, -0.1) is 0 Å². The summed E-state index contributed by atoms with van der Waals surface area (Å²) in [5, 5.41) is 6.08. The Morgan fingerprint density at radius 2 is 2.33 bits per heavy atom. The quantitative estimate of drug-likeness (QED) is 0.828. The zero-order valence-electron chi connectivity index (χ0n) is 10.8. The molecule has 0 unspecified atom stereocenters. The summed E-state index contributed by atoms with van der Waals surface area (Å²) in [4.78, 5) is 16.1. The molecule has 2 rings (SSSR count). The van der Waals surface area contributed by atoms with E-state index in [2.05, 4.69) is 15.6 Å². The van der Waals surface area contributed by atoms with Gasteiger partial charge in [-0.05, 0) is 31.9 Å². The number of anilines is 1. The van der Waals surface area contributed by atoms with Gasteiger partial charge in [0.15, 0.2) is 0 Å². The summed E-state index contributed by atoms with van der Waals surface area (Å²) in [5.74, 6) is 0.685. The number of amides is 1. The molecular formula is C13H19N3O2. The van der Waals surface area contributed by atoms with E-state index < -0.39 is 0 Å². The van der Waals surface area contributed by atoms with Crippen LogP contribution in [0.5, 0.6) is 0 Å². The van der Waals surface area contributed by atoms with Crippen LogP contribution < -0.4 is 10.6 Å². The van der Waals surface area contributed by atoms with E-state index in [0.29, 0.717) is 11.7 Å². The number of carbonyl (C=O) groups excluding carboxylic acids is 1. The predicted molar refractivity (Wildman–Crippen MR) is 69.7 cm³/mol. The van der Waals surface area contributed by atoms with Crippen LogP contribution in [0.1, 0.15) is 30.1 Å². The maximum Gasteiger partial charge on any atom is 0.251 e. The molecule has 18 heavy (non-hydrogen) atoms. The van der Waals surface area contributed by atoms with Gasteiger partial charge in [-0.1, -0.05) is 0 Å². The number of rotatable bonds is 5. The van der Waals surface area contributed by atoms with E-state index in [9.17, 15) is 4.79 Å². The lowest BCUT2D eigenvalue weighted by Gasteiger charge is -2.34. The van der Waals surface area contributed by atoms with E-state index >= 15 is 0 Å². The number of nitrogens with one attached hydrogen (secondary N) is 2. The number of ether oxygens (including phenoxy) is 1. The SMILES string of the molecule is CCNc1cc(C(=O)NC2CC(OC)C2)ccn1. The van der Waals surface area contributed by atoms with E-state index in [-0.39, 0.29) is 11.9 Å². The topological polar surface area (TPSA) is 63.2 Å². The van der Waals surface area contributed by atoms with Gasteiger partial charge in [-0.2, -0.15) is 0 Å². The van der Waals surface area contributed by atoms with Crippen LogP contribution in [0.4, 0.5) is 5.82 Å². The van der Waals surface area contributed by atoms with Crippen molar-refractivity contribution in [2.45, 2.75) is 31.9 Å². The van der Waals surface area contributed by atoms with Crippen LogP contribution in [0, 0.1) is 0 Å². The monoisotopic (exact) mass is 249 g/mol. The van der Waals surface area contributed by atoms with Gasteiger partial charge in [0, 0.05) is 31.5 Å². The zero-order valence-corrected chi connectivity index (χ0v) is 10.8. The third kappa shape index (κ3) is 2.98. The van der Waals surface area contributed by atoms with Crippen molar-refractivity contribution < 1.29 is 9.53 Å². The van der Waals surface area contributed by atoms with E-state index in [4.69, 9.17) is 4.74 Å². The first-order valence-electron chi connectivity index (χ1n) is 6.26. The lowest BCUT2D eigenvalue weighted by Crippen LogP contribution is -2.47. The average Bonchev–Trinajstić information content (AvgIpc) is 2.33. The second-order valence-corrected chi connectivity index (χ2v) is 4.46. The Bertz CT molecular complexity index is 416. The van der Waals surface area contributed by atoms with E-state index in [1.165, 1.54) is 0 Å². The van der Waals surface area contributed by atoms with Crippen molar-refractivity contribution in [3.8, 4) is 0 Å². The maximum absolute atomic E-state index is 12.0. The lowest BCUT2D eigenvalue weighted by molar-refractivity contribution is 0.0176. The largest absolute Gasteiger partial charge is 0.381 e. The molecule has 1 aliphatic rings. The fourth-order valence-corrected chi connectivity index (χ4v) is 1.99. The molecule has 1 aliphatic carbocycles. The third-order valence-corrected chi connectivity index (χ3v) is 3.14. The molecule has 1 aromatic heterocycles. The molecule has 0 bridgehead atoms. The van der Waals surface area contributed by atoms with Crippen LogP contribution in [-0.2, 0) is 4.74 Å². The molecule has 98 valence electrons. The number of nitrogens with zero attached hydrogens (tertiary/aromatic N) is 1. The molecule has 1 saturated carbocycles. The summed E-state index contributed by atoms with van der Waals surface area (Å²) in [7, 11) is 1.70. The average molecular weight is 249 g/mol. The van der Waals surface area contributed by atoms with E-state index in [0.717, 1.165) is 25.2 Å². The number of hydrogen-bond donors (Lipinski definition) is 2. The first-order valence-corrected chi connectivity index (χ1v) is 6.26. The number of carbonyl (C=O) groups is 1. The number of hydrogen-bond acceptors (Lipinski definition) is 4. The fourth-order valence-electron chi connectivity index (χ4n) is 1.99. The number of aromatic nitrogens is 1. The van der Waals surface area contributed by atoms with Crippen molar-refractivity contribution in [1.82, 2.24) is 10.3 Å². The number of pyridine rings is 1. The molecule has 1 fully saturated rings. The van der Waals surface area contributed by atoms with Crippen LogP contribution in [-0.4, -0.2) is 36.7 Å². The summed E-state index contributed by atoms with van der Waals surface area (Å²) in [6.07, 6.45) is 3.73. The van der Waals surface area contributed by atoms with Gasteiger partial charge >= 0.3 is 0 Å². The fraction of sp³-hybridized carbons (Fsp3) is 0.538. The van der Waals surface area contributed by atoms with Crippen molar-refractivity contribution in [2.75, 3.05) is 19.0 Å². The molecule has 1 heterocycles. The summed E-state index contributed by atoms with van der Waals surface area (Å²) < 4.78 is 5.18. The highest BCUT2D eigenvalue weighted by atomic mass is 16.5. The zero-order chi connectivity index (χ0) is 13.0. The van der Waals surface area contributed by atoms with Gasteiger partial charge in [0.1, 0.15) is 5.82 Å². The van der Waals surface area contributed by atoms with Crippen molar-refractivity contribution in [1.29, 1.82) is 0 Å². The summed E-state index contributed by atoms with van der Waals surface area (Å²) in [5.41, 5.74) is 0.641. The normalized spacial score (nSPS) is 22.1. The highest BCUT2D eigenvalue weighted by Crippen LogP contribution is 2.22. The minimum atomic E-state index is -0.0453. The summed E-state index contributed by atoms with van der Waals surface area (Å²) in [6.45, 7) is 2.78. The minimum absolute atomic E-state index is 0.0453. The van der Waals surface area contributed by atoms with Crippen LogP contribution in [0.3, 0.4) is 0 Å². The number of methoxy groups -OCH3 is 1. The Balaban J connectivity index is 1.90. The summed E-state index contributed by atoms with van der Waals surface area (Å²) in [6, 6.07) is 3.73. The van der Waals surface area contributed by atoms with Crippen molar-refractivity contribution >= 4 is 11.7 Å². The second-order valence-electron chi connectivity index (χ2n) is 4.46. The van der Waals surface area contributed by atoms with E-state index in [1.807, 2.05) is 6.92 Å². The molecule has 0 radical (unpaired) electrons. The standard InChI is InChI=1S/C13H19N3O2/c1-3-14-12-6-9(4-5-15-12)13(17)16-10-7-11(8-10)18-2/h4-6,10-11H,3,7-8H2,1-2H3,(H,14,15)(H,16,17). The maximum atomic E-state index is 12.0. The van der Waals surface area contributed by atoms with Crippen molar-refractivity contribution in [3.05, 3.63) is 23.9 Å². The Kier molecular flexibility index (Phi) is 4.15. The first-order chi connectivity index (χ1) is 8.72. The Labute approximate surface area is 107 Å². The van der Waals surface area contributed by atoms with Gasteiger partial charge in [0.05, 0.1) is 6.10 Å². The van der Waals surface area contributed by atoms with Crippen LogP contribution in [0.2, 0.25) is 0 Å². The Morgan fingerprint density at radius 1 is 1.56 bits per heavy atom. The molecule has 1 amide bonds. The smallest absolute Gasteiger partial charge is 0.251 e. The molecular weight excluding hydrogens is 230 g/mol. The lowest BCUT2D eigenvalue weighted by atomic mass is 9.89. The minimum Gasteiger partial charge on any atom is -0.381 e. The molecule has 0 spiro atoms. The molecule has 0 atom stereocenters. The predicted octanol–water partition coefficient (Wildman–Crippen LogP) is 1.42. The molecule has 0 saturated heterocycles. The van der Waals surface area contributed by atoms with E-state index in [1.54, 1.807) is 25.4 Å². The first kappa shape index (κ1) is 12.8. The highest BCUT2D eigenvalue weighted by molar-refractivity contribution is 5.95. The molecule has 2 N–H and O–H groups in total. The second kappa shape index (κ2) is 5.82. The Hall–Kier alpha value is -1.62. The van der Waals surface area contributed by atoms with Gasteiger partial charge in [0.25, 0.3) is 5.91 Å². The van der Waals surface area contributed by atoms with Gasteiger partial charge in [0.2, 0.25) is 0 Å². The Morgan fingerprint density at radius 3 is 3.00 bits per heavy atom. The molecule has 0 aromatic carbocycles. The molecule has 5 heteroatoms. The molecule has 0 aliphatic heterocycles. The van der Waals surface area contributed by atoms with Crippen LogP contribution in [0.25, 0.3) is 0 Å². The van der Waals surface area contributed by atoms with Crippen LogP contribution in [0.15, 0.2) is 18.3 Å². The van der Waals surface area contributed by atoms with Crippen molar-refractivity contribution in [2.24, 2.45) is 0 Å². The van der Waals surface area contributed by atoms with Gasteiger partial charge < -0.3 is 15.4 Å². The molecule has 5 nitrogen and oxygen atoms in total. The summed E-state index contributed by atoms with van der Waals surface area (Å²) >= 11 is 0.